The summed E-state index contributed by atoms with van der Waals surface area (Å²) in [5.41, 5.74) is 5.17. The van der Waals surface area contributed by atoms with Crippen molar-refractivity contribution in [1.82, 2.24) is 0 Å². The Kier molecular flexibility index (Phi) is 3.53. The summed E-state index contributed by atoms with van der Waals surface area (Å²) in [4.78, 5) is 11.7. The molecule has 1 aliphatic carbocycles. The third-order valence-corrected chi connectivity index (χ3v) is 2.34. The summed E-state index contributed by atoms with van der Waals surface area (Å²) < 4.78 is 5.30. The molecule has 1 saturated carbocycles. The first-order chi connectivity index (χ1) is 6.42. The maximum Gasteiger partial charge on any atom is 0.310 e. The Morgan fingerprint density at radius 2 is 2.07 bits per heavy atom. The topological polar surface area (TPSA) is 52.3 Å². The van der Waals surface area contributed by atoms with Gasteiger partial charge in [-0.15, -0.1) is 0 Å². The van der Waals surface area contributed by atoms with E-state index in [0.717, 1.165) is 12.3 Å². The van der Waals surface area contributed by atoms with E-state index >= 15 is 0 Å². The maximum absolute atomic E-state index is 11.7. The number of ether oxygens (including phenoxy) is 1. The highest BCUT2D eigenvalue weighted by molar-refractivity contribution is 5.73. The molecule has 0 aliphatic heterocycles. The van der Waals surface area contributed by atoms with Gasteiger partial charge in [-0.1, -0.05) is 12.8 Å². The van der Waals surface area contributed by atoms with Crippen LogP contribution in [0.4, 0.5) is 0 Å². The molecule has 0 aromatic rings. The smallest absolute Gasteiger partial charge is 0.310 e. The van der Waals surface area contributed by atoms with Crippen molar-refractivity contribution in [3.63, 3.8) is 0 Å². The Morgan fingerprint density at radius 1 is 1.50 bits per heavy atom. The molecule has 82 valence electrons. The number of carbonyl (C=O) groups is 1. The van der Waals surface area contributed by atoms with E-state index in [0.29, 0.717) is 6.54 Å². The average molecular weight is 199 g/mol. The van der Waals surface area contributed by atoms with Crippen molar-refractivity contribution >= 4 is 5.97 Å². The van der Waals surface area contributed by atoms with Gasteiger partial charge in [-0.25, -0.2) is 0 Å². The van der Waals surface area contributed by atoms with Crippen molar-refractivity contribution in [3.8, 4) is 0 Å². The molecule has 1 atom stereocenters. The van der Waals surface area contributed by atoms with Crippen LogP contribution in [0.5, 0.6) is 0 Å². The quantitative estimate of drug-likeness (QED) is 0.701. The minimum absolute atomic E-state index is 0.0956. The molecule has 3 nitrogen and oxygen atoms in total. The van der Waals surface area contributed by atoms with Crippen LogP contribution in [0.1, 0.15) is 40.0 Å². The van der Waals surface area contributed by atoms with E-state index in [4.69, 9.17) is 10.5 Å². The summed E-state index contributed by atoms with van der Waals surface area (Å²) in [7, 11) is 0. The summed E-state index contributed by atoms with van der Waals surface area (Å²) in [5.74, 6) is 0.490. The molecule has 0 aromatic carbocycles. The maximum atomic E-state index is 11.7. The third kappa shape index (κ3) is 4.09. The van der Waals surface area contributed by atoms with Gasteiger partial charge < -0.3 is 10.5 Å². The first-order valence-corrected chi connectivity index (χ1v) is 5.35. The van der Waals surface area contributed by atoms with E-state index in [1.807, 2.05) is 20.8 Å². The average Bonchev–Trinajstić information content (AvgIpc) is 2.79. The lowest BCUT2D eigenvalue weighted by Crippen LogP contribution is -2.32. The van der Waals surface area contributed by atoms with Gasteiger partial charge in [-0.05, 0) is 33.1 Å². The molecular formula is C11H21NO2. The summed E-state index contributed by atoms with van der Waals surface area (Å²) >= 11 is 0. The van der Waals surface area contributed by atoms with Crippen LogP contribution in [0.15, 0.2) is 0 Å². The molecule has 0 spiro atoms. The molecule has 0 saturated heterocycles. The molecule has 1 rings (SSSR count). The van der Waals surface area contributed by atoms with Crippen LogP contribution < -0.4 is 5.73 Å². The number of hydrogen-bond acceptors (Lipinski definition) is 3. The van der Waals surface area contributed by atoms with Crippen molar-refractivity contribution in [3.05, 3.63) is 0 Å². The van der Waals surface area contributed by atoms with Gasteiger partial charge in [0.1, 0.15) is 5.60 Å². The highest BCUT2D eigenvalue weighted by atomic mass is 16.6. The fourth-order valence-electron chi connectivity index (χ4n) is 1.43. The second-order valence-electron chi connectivity index (χ2n) is 5.15. The summed E-state index contributed by atoms with van der Waals surface area (Å²) in [6.07, 6.45) is 3.41. The van der Waals surface area contributed by atoms with E-state index < -0.39 is 5.60 Å². The molecule has 0 bridgehead atoms. The van der Waals surface area contributed by atoms with Crippen LogP contribution in [0.25, 0.3) is 0 Å². The van der Waals surface area contributed by atoms with Crippen molar-refractivity contribution < 1.29 is 9.53 Å². The lowest BCUT2D eigenvalue weighted by Gasteiger charge is -2.23. The number of carbonyl (C=O) groups excluding carboxylic acids is 1. The standard InChI is InChI=1S/C11H21NO2/c1-11(2,3)14-10(13)9(7-12)6-8-4-5-8/h8-9H,4-7,12H2,1-3H3. The van der Waals surface area contributed by atoms with Crippen molar-refractivity contribution in [1.29, 1.82) is 0 Å². The Bertz CT molecular complexity index is 204. The molecule has 1 unspecified atom stereocenters. The second kappa shape index (κ2) is 4.30. The lowest BCUT2D eigenvalue weighted by molar-refractivity contribution is -0.160. The van der Waals surface area contributed by atoms with E-state index in [1.165, 1.54) is 12.8 Å². The van der Waals surface area contributed by atoms with Gasteiger partial charge in [-0.2, -0.15) is 0 Å². The van der Waals surface area contributed by atoms with Crippen LogP contribution in [-0.4, -0.2) is 18.1 Å². The van der Waals surface area contributed by atoms with Gasteiger partial charge in [0.15, 0.2) is 0 Å². The normalized spacial score (nSPS) is 19.1. The van der Waals surface area contributed by atoms with Gasteiger partial charge in [0.2, 0.25) is 0 Å². The predicted octanol–water partition coefficient (Wildman–Crippen LogP) is 1.70. The fourth-order valence-corrected chi connectivity index (χ4v) is 1.43. The Balaban J connectivity index is 2.38. The summed E-state index contributed by atoms with van der Waals surface area (Å²) in [6.45, 7) is 6.06. The summed E-state index contributed by atoms with van der Waals surface area (Å²) in [5, 5.41) is 0. The van der Waals surface area contributed by atoms with E-state index in [1.54, 1.807) is 0 Å². The van der Waals surface area contributed by atoms with Crippen LogP contribution in [-0.2, 0) is 9.53 Å². The monoisotopic (exact) mass is 199 g/mol. The van der Waals surface area contributed by atoms with Crippen LogP contribution >= 0.6 is 0 Å². The van der Waals surface area contributed by atoms with Gasteiger partial charge >= 0.3 is 5.97 Å². The Labute approximate surface area is 86.0 Å². The highest BCUT2D eigenvalue weighted by Gasteiger charge is 2.31. The van der Waals surface area contributed by atoms with Crippen LogP contribution in [0.3, 0.4) is 0 Å². The van der Waals surface area contributed by atoms with Crippen molar-refractivity contribution in [2.75, 3.05) is 6.54 Å². The number of esters is 1. The molecule has 2 N–H and O–H groups in total. The lowest BCUT2D eigenvalue weighted by atomic mass is 10.0. The molecule has 0 heterocycles. The molecule has 0 amide bonds. The first-order valence-electron chi connectivity index (χ1n) is 5.35. The zero-order valence-corrected chi connectivity index (χ0v) is 9.38. The largest absolute Gasteiger partial charge is 0.460 e. The molecule has 14 heavy (non-hydrogen) atoms. The van der Waals surface area contributed by atoms with Crippen LogP contribution in [0, 0.1) is 11.8 Å². The molecule has 1 aliphatic rings. The zero-order chi connectivity index (χ0) is 10.8. The SMILES string of the molecule is CC(C)(C)OC(=O)C(CN)CC1CC1. The molecule has 3 heteroatoms. The van der Waals surface area contributed by atoms with E-state index in [2.05, 4.69) is 0 Å². The molecular weight excluding hydrogens is 178 g/mol. The number of nitrogens with two attached hydrogens (primary N) is 1. The van der Waals surface area contributed by atoms with Gasteiger partial charge in [0.05, 0.1) is 5.92 Å². The predicted molar refractivity (Wildman–Crippen MR) is 55.7 cm³/mol. The minimum atomic E-state index is -0.395. The Morgan fingerprint density at radius 3 is 2.43 bits per heavy atom. The van der Waals surface area contributed by atoms with Gasteiger partial charge in [0, 0.05) is 6.54 Å². The Hall–Kier alpha value is -0.570. The van der Waals surface area contributed by atoms with Crippen molar-refractivity contribution in [2.24, 2.45) is 17.6 Å². The minimum Gasteiger partial charge on any atom is -0.460 e. The highest BCUT2D eigenvalue weighted by Crippen LogP contribution is 2.35. The zero-order valence-electron chi connectivity index (χ0n) is 9.38. The summed E-state index contributed by atoms with van der Waals surface area (Å²) in [6, 6.07) is 0. The number of hydrogen-bond donors (Lipinski definition) is 1. The number of rotatable bonds is 4. The molecule has 1 fully saturated rings. The first kappa shape index (κ1) is 11.5. The van der Waals surface area contributed by atoms with Gasteiger partial charge in [-0.3, -0.25) is 4.79 Å². The fraction of sp³-hybridized carbons (Fsp3) is 0.909. The third-order valence-electron chi connectivity index (χ3n) is 2.34. The van der Waals surface area contributed by atoms with Crippen LogP contribution in [0.2, 0.25) is 0 Å². The molecule has 0 aromatic heterocycles. The second-order valence-corrected chi connectivity index (χ2v) is 5.15. The van der Waals surface area contributed by atoms with E-state index in [9.17, 15) is 4.79 Å². The van der Waals surface area contributed by atoms with Crippen molar-refractivity contribution in [2.45, 2.75) is 45.6 Å². The molecule has 0 radical (unpaired) electrons. The van der Waals surface area contributed by atoms with Gasteiger partial charge in [0.25, 0.3) is 0 Å². The van der Waals surface area contributed by atoms with E-state index in [-0.39, 0.29) is 11.9 Å².